The predicted molar refractivity (Wildman–Crippen MR) is 123 cm³/mol. The highest BCUT2D eigenvalue weighted by atomic mass is 19.4. The number of halogens is 4. The molecule has 0 saturated heterocycles. The third-order valence-electron chi connectivity index (χ3n) is 5.64. The van der Waals surface area contributed by atoms with Crippen LogP contribution in [0, 0.1) is 17.1 Å². The van der Waals surface area contributed by atoms with Crippen LogP contribution in [-0.2, 0) is 17.5 Å². The van der Waals surface area contributed by atoms with E-state index in [0.717, 1.165) is 12.1 Å². The number of rotatable bonds is 5. The van der Waals surface area contributed by atoms with Gasteiger partial charge in [0.25, 0.3) is 5.91 Å². The number of anilines is 1. The Morgan fingerprint density at radius 1 is 1.09 bits per heavy atom. The summed E-state index contributed by atoms with van der Waals surface area (Å²) in [6.07, 6.45) is -3.27. The summed E-state index contributed by atoms with van der Waals surface area (Å²) in [4.78, 5) is 12.7. The van der Waals surface area contributed by atoms with Gasteiger partial charge >= 0.3 is 6.18 Å². The quantitative estimate of drug-likeness (QED) is 0.358. The minimum Gasteiger partial charge on any atom is -0.378 e. The minimum atomic E-state index is -4.79. The Bertz CT molecular complexity index is 1450. The number of benzene rings is 3. The van der Waals surface area contributed by atoms with Crippen molar-refractivity contribution in [2.45, 2.75) is 25.2 Å². The van der Waals surface area contributed by atoms with Crippen molar-refractivity contribution in [3.05, 3.63) is 89.9 Å². The fourth-order valence-corrected chi connectivity index (χ4v) is 3.84. The number of amides is 1. The van der Waals surface area contributed by atoms with Gasteiger partial charge in [-0.1, -0.05) is 30.3 Å². The Kier molecular flexibility index (Phi) is 6.09. The molecule has 9 heteroatoms. The number of aliphatic hydroxyl groups is 1. The van der Waals surface area contributed by atoms with Crippen molar-refractivity contribution in [2.75, 3.05) is 5.32 Å². The fourth-order valence-electron chi connectivity index (χ4n) is 3.84. The third kappa shape index (κ3) is 4.74. The molecular weight excluding hydrogens is 462 g/mol. The fraction of sp³-hybridized carbons (Fsp3) is 0.154. The lowest BCUT2D eigenvalue weighted by Crippen LogP contribution is -2.43. The molecule has 1 heterocycles. The Labute approximate surface area is 197 Å². The number of carbonyl (C=O) groups is 1. The molecule has 1 unspecified atom stereocenters. The van der Waals surface area contributed by atoms with E-state index in [2.05, 4.69) is 5.32 Å². The summed E-state index contributed by atoms with van der Waals surface area (Å²) >= 11 is 0. The number of nitrogens with zero attached hydrogens (tertiary/aromatic N) is 2. The Hall–Kier alpha value is -4.16. The van der Waals surface area contributed by atoms with E-state index in [1.807, 2.05) is 6.07 Å². The molecule has 0 aliphatic carbocycles. The number of alkyl halides is 3. The SMILES string of the molecule is CC(O)(Cn1ccc2c(F)c(-c3ccccc3)ccc21)C(=O)Nc1ccc(C#N)c(C(F)(F)F)c1. The first-order chi connectivity index (χ1) is 16.5. The van der Waals surface area contributed by atoms with E-state index in [1.165, 1.54) is 29.8 Å². The summed E-state index contributed by atoms with van der Waals surface area (Å²) in [6.45, 7) is 0.923. The van der Waals surface area contributed by atoms with Crippen molar-refractivity contribution in [3.8, 4) is 17.2 Å². The van der Waals surface area contributed by atoms with Crippen molar-refractivity contribution in [2.24, 2.45) is 0 Å². The second-order valence-corrected chi connectivity index (χ2v) is 8.27. The molecule has 0 bridgehead atoms. The largest absolute Gasteiger partial charge is 0.417 e. The summed E-state index contributed by atoms with van der Waals surface area (Å²) in [6, 6.07) is 18.0. The third-order valence-corrected chi connectivity index (χ3v) is 5.64. The smallest absolute Gasteiger partial charge is 0.378 e. The van der Waals surface area contributed by atoms with Gasteiger partial charge in [0.2, 0.25) is 0 Å². The zero-order valence-electron chi connectivity index (χ0n) is 18.4. The van der Waals surface area contributed by atoms with E-state index < -0.39 is 34.6 Å². The molecule has 178 valence electrons. The van der Waals surface area contributed by atoms with Gasteiger partial charge in [-0.3, -0.25) is 4.79 Å². The summed E-state index contributed by atoms with van der Waals surface area (Å²) in [5.41, 5.74) is -2.51. The highest BCUT2D eigenvalue weighted by molar-refractivity contribution is 5.97. The standard InChI is InChI=1S/C26H19F4N3O2/c1-25(35,24(34)32-18-8-7-17(14-31)21(13-18)26(28,29)30)15-33-12-11-20-22(33)10-9-19(23(20)27)16-5-3-2-4-6-16/h2-13,35H,15H2,1H3,(H,32,34). The highest BCUT2D eigenvalue weighted by Gasteiger charge is 2.35. The maximum Gasteiger partial charge on any atom is 0.417 e. The molecule has 0 aliphatic heterocycles. The predicted octanol–water partition coefficient (Wildman–Crippen LogP) is 5.73. The number of hydrogen-bond donors (Lipinski definition) is 2. The molecule has 0 spiro atoms. The van der Waals surface area contributed by atoms with Crippen molar-refractivity contribution < 1.29 is 27.5 Å². The average Bonchev–Trinajstić information content (AvgIpc) is 3.22. The summed E-state index contributed by atoms with van der Waals surface area (Å²) < 4.78 is 56.3. The van der Waals surface area contributed by atoms with Gasteiger partial charge in [0.1, 0.15) is 5.82 Å². The maximum absolute atomic E-state index is 15.2. The van der Waals surface area contributed by atoms with Crippen molar-refractivity contribution in [1.82, 2.24) is 4.57 Å². The molecular formula is C26H19F4N3O2. The lowest BCUT2D eigenvalue weighted by Gasteiger charge is -2.24. The van der Waals surface area contributed by atoms with Gasteiger partial charge in [-0.2, -0.15) is 18.4 Å². The molecule has 1 amide bonds. The highest BCUT2D eigenvalue weighted by Crippen LogP contribution is 2.34. The number of carbonyl (C=O) groups excluding carboxylic acids is 1. The molecule has 0 fully saturated rings. The molecule has 2 N–H and O–H groups in total. The Morgan fingerprint density at radius 2 is 1.80 bits per heavy atom. The Balaban J connectivity index is 1.58. The van der Waals surface area contributed by atoms with Gasteiger partial charge in [0, 0.05) is 22.8 Å². The first-order valence-corrected chi connectivity index (χ1v) is 10.5. The number of hydrogen-bond acceptors (Lipinski definition) is 3. The lowest BCUT2D eigenvalue weighted by atomic mass is 10.0. The summed E-state index contributed by atoms with van der Waals surface area (Å²) in [7, 11) is 0. The van der Waals surface area contributed by atoms with Gasteiger partial charge < -0.3 is 15.0 Å². The lowest BCUT2D eigenvalue weighted by molar-refractivity contribution is -0.138. The Morgan fingerprint density at radius 3 is 2.46 bits per heavy atom. The van der Waals surface area contributed by atoms with E-state index in [4.69, 9.17) is 5.26 Å². The van der Waals surface area contributed by atoms with Crippen molar-refractivity contribution >= 4 is 22.5 Å². The molecule has 0 aliphatic rings. The summed E-state index contributed by atoms with van der Waals surface area (Å²) in [5, 5.41) is 22.3. The second kappa shape index (κ2) is 8.89. The molecule has 4 rings (SSSR count). The zero-order valence-corrected chi connectivity index (χ0v) is 18.4. The van der Waals surface area contributed by atoms with Crippen LogP contribution >= 0.6 is 0 Å². The van der Waals surface area contributed by atoms with E-state index in [-0.39, 0.29) is 12.2 Å². The second-order valence-electron chi connectivity index (χ2n) is 8.27. The molecule has 0 radical (unpaired) electrons. The monoisotopic (exact) mass is 481 g/mol. The van der Waals surface area contributed by atoms with Gasteiger partial charge in [-0.15, -0.1) is 0 Å². The molecule has 1 atom stereocenters. The first-order valence-electron chi connectivity index (χ1n) is 10.5. The van der Waals surface area contributed by atoms with Crippen molar-refractivity contribution in [3.63, 3.8) is 0 Å². The van der Waals surface area contributed by atoms with E-state index in [1.54, 1.807) is 36.4 Å². The topological polar surface area (TPSA) is 78.1 Å². The van der Waals surface area contributed by atoms with Crippen LogP contribution in [0.3, 0.4) is 0 Å². The van der Waals surface area contributed by atoms with Crippen molar-refractivity contribution in [1.29, 1.82) is 5.26 Å². The normalized spacial score (nSPS) is 13.3. The maximum atomic E-state index is 15.2. The molecule has 0 saturated carbocycles. The minimum absolute atomic E-state index is 0.225. The summed E-state index contributed by atoms with van der Waals surface area (Å²) in [5.74, 6) is -1.41. The van der Waals surface area contributed by atoms with E-state index in [9.17, 15) is 23.1 Å². The molecule has 1 aromatic heterocycles. The van der Waals surface area contributed by atoms with E-state index >= 15 is 4.39 Å². The van der Waals surface area contributed by atoms with Crippen LogP contribution in [0.4, 0.5) is 23.2 Å². The molecule has 4 aromatic rings. The van der Waals surface area contributed by atoms with Crippen LogP contribution in [0.1, 0.15) is 18.1 Å². The molecule has 3 aromatic carbocycles. The first kappa shape index (κ1) is 24.0. The van der Waals surface area contributed by atoms with E-state index in [0.29, 0.717) is 28.1 Å². The average molecular weight is 481 g/mol. The van der Waals surface area contributed by atoms with Crippen LogP contribution in [-0.4, -0.2) is 21.2 Å². The van der Waals surface area contributed by atoms with Gasteiger partial charge in [0.15, 0.2) is 5.60 Å². The number of nitriles is 1. The van der Waals surface area contributed by atoms with Crippen LogP contribution in [0.2, 0.25) is 0 Å². The van der Waals surface area contributed by atoms with Crippen LogP contribution in [0.25, 0.3) is 22.0 Å². The van der Waals surface area contributed by atoms with Crippen LogP contribution < -0.4 is 5.32 Å². The number of fused-ring (bicyclic) bond motifs is 1. The van der Waals surface area contributed by atoms with Gasteiger partial charge in [-0.05, 0) is 48.9 Å². The zero-order chi connectivity index (χ0) is 25.4. The van der Waals surface area contributed by atoms with Gasteiger partial charge in [-0.25, -0.2) is 4.39 Å². The number of aromatic nitrogens is 1. The van der Waals surface area contributed by atoms with Crippen LogP contribution in [0.15, 0.2) is 72.9 Å². The van der Waals surface area contributed by atoms with Crippen LogP contribution in [0.5, 0.6) is 0 Å². The molecule has 35 heavy (non-hydrogen) atoms. The number of nitrogens with one attached hydrogen (secondary N) is 1. The van der Waals surface area contributed by atoms with Gasteiger partial charge in [0.05, 0.1) is 29.3 Å². The molecule has 5 nitrogen and oxygen atoms in total.